The van der Waals surface area contributed by atoms with Gasteiger partial charge in [0, 0.05) is 5.56 Å². The molecule has 0 bridgehead atoms. The van der Waals surface area contributed by atoms with Crippen LogP contribution >= 0.6 is 11.6 Å². The Morgan fingerprint density at radius 2 is 2.00 bits per heavy atom. The van der Waals surface area contributed by atoms with Gasteiger partial charge in [-0.25, -0.2) is 9.78 Å². The van der Waals surface area contributed by atoms with Crippen LogP contribution in [0.4, 0.5) is 0 Å². The van der Waals surface area contributed by atoms with Crippen molar-refractivity contribution in [1.82, 2.24) is 9.97 Å². The second-order valence-corrected chi connectivity index (χ2v) is 4.77. The molecular weight excluding hydrogens is 304 g/mol. The number of nitrogens with zero attached hydrogens (tertiary/aromatic N) is 1. The first kappa shape index (κ1) is 14.4. The lowest BCUT2D eigenvalue weighted by atomic mass is 10.2. The number of carbonyl (C=O) groups is 1. The van der Waals surface area contributed by atoms with Gasteiger partial charge in [-0.3, -0.25) is 0 Å². The molecule has 0 aliphatic carbocycles. The molecule has 0 fully saturated rings. The van der Waals surface area contributed by atoms with Gasteiger partial charge >= 0.3 is 5.97 Å². The topological polar surface area (TPSA) is 64.2 Å². The minimum atomic E-state index is -0.408. The van der Waals surface area contributed by atoms with E-state index in [0.717, 1.165) is 11.1 Å². The van der Waals surface area contributed by atoms with Gasteiger partial charge in [0.2, 0.25) is 0 Å². The summed E-state index contributed by atoms with van der Waals surface area (Å²) in [6.45, 7) is 0. The molecule has 3 rings (SSSR count). The number of halogens is 1. The molecule has 0 spiro atoms. The second-order valence-electron chi connectivity index (χ2n) is 4.56. The van der Waals surface area contributed by atoms with Crippen molar-refractivity contribution in [1.29, 1.82) is 0 Å². The number of aromatic amines is 1. The number of benzene rings is 2. The summed E-state index contributed by atoms with van der Waals surface area (Å²) in [5.74, 6) is 0.948. The fourth-order valence-corrected chi connectivity index (χ4v) is 2.34. The number of imidazole rings is 1. The number of hydrogen-bond acceptors (Lipinski definition) is 4. The largest absolute Gasteiger partial charge is 0.478 e. The van der Waals surface area contributed by atoms with Crippen molar-refractivity contribution in [2.24, 2.45) is 0 Å². The molecule has 3 aromatic rings. The number of H-pyrrole nitrogens is 1. The average molecular weight is 317 g/mol. The maximum Gasteiger partial charge on any atom is 0.340 e. The van der Waals surface area contributed by atoms with E-state index in [1.165, 1.54) is 7.11 Å². The number of esters is 1. The molecule has 6 heteroatoms. The number of alkyl halides is 1. The molecule has 1 heterocycles. The Balaban J connectivity index is 2.03. The minimum Gasteiger partial charge on any atom is -0.478 e. The Morgan fingerprint density at radius 1 is 1.23 bits per heavy atom. The van der Waals surface area contributed by atoms with Crippen LogP contribution in [0, 0.1) is 0 Å². The lowest BCUT2D eigenvalue weighted by Gasteiger charge is -2.02. The number of para-hydroxylation sites is 1. The summed E-state index contributed by atoms with van der Waals surface area (Å²) in [5.41, 5.74) is 2.68. The van der Waals surface area contributed by atoms with Gasteiger partial charge in [-0.05, 0) is 36.4 Å². The number of methoxy groups -OCH3 is 1. The van der Waals surface area contributed by atoms with Crippen molar-refractivity contribution in [2.45, 2.75) is 0 Å². The molecule has 0 saturated heterocycles. The van der Waals surface area contributed by atoms with E-state index in [2.05, 4.69) is 9.97 Å². The number of fused-ring (bicyclic) bond motifs is 1. The van der Waals surface area contributed by atoms with Crippen LogP contribution in [0.2, 0.25) is 0 Å². The number of carbonyl (C=O) groups excluding carboxylic acids is 1. The molecule has 0 unspecified atom stereocenters. The van der Waals surface area contributed by atoms with E-state index in [0.29, 0.717) is 22.7 Å². The van der Waals surface area contributed by atoms with Gasteiger partial charge in [0.1, 0.15) is 17.1 Å². The molecule has 112 valence electrons. The summed E-state index contributed by atoms with van der Waals surface area (Å²) in [4.78, 5) is 19.5. The number of ether oxygens (including phenoxy) is 2. The highest BCUT2D eigenvalue weighted by Gasteiger charge is 2.14. The molecule has 2 aromatic carbocycles. The number of aromatic nitrogens is 2. The quantitative estimate of drug-likeness (QED) is 0.590. The summed E-state index contributed by atoms with van der Waals surface area (Å²) in [5, 5.41) is 0. The second kappa shape index (κ2) is 6.07. The smallest absolute Gasteiger partial charge is 0.340 e. The van der Waals surface area contributed by atoms with Crippen molar-refractivity contribution in [2.75, 3.05) is 13.2 Å². The Morgan fingerprint density at radius 3 is 2.68 bits per heavy atom. The van der Waals surface area contributed by atoms with Crippen LogP contribution in [0.3, 0.4) is 0 Å². The van der Waals surface area contributed by atoms with Crippen LogP contribution in [0.25, 0.3) is 22.4 Å². The number of nitrogens with one attached hydrogen (secondary N) is 1. The molecule has 0 atom stereocenters. The highest BCUT2D eigenvalue weighted by Crippen LogP contribution is 2.25. The Bertz CT molecular complexity index is 812. The van der Waals surface area contributed by atoms with Gasteiger partial charge in [0.25, 0.3) is 0 Å². The van der Waals surface area contributed by atoms with E-state index in [9.17, 15) is 4.79 Å². The van der Waals surface area contributed by atoms with Crippen LogP contribution in [-0.2, 0) is 4.74 Å². The number of hydrogen-bond donors (Lipinski definition) is 1. The first-order valence-electron chi connectivity index (χ1n) is 6.59. The van der Waals surface area contributed by atoms with Gasteiger partial charge in [-0.1, -0.05) is 17.7 Å². The number of rotatable bonds is 4. The fourth-order valence-electron chi connectivity index (χ4n) is 2.22. The van der Waals surface area contributed by atoms with Gasteiger partial charge in [0.05, 0.1) is 18.2 Å². The summed E-state index contributed by atoms with van der Waals surface area (Å²) >= 11 is 5.52. The maximum atomic E-state index is 11.8. The van der Waals surface area contributed by atoms with Crippen LogP contribution in [0.1, 0.15) is 10.4 Å². The molecule has 1 aromatic heterocycles. The zero-order valence-corrected chi connectivity index (χ0v) is 12.6. The van der Waals surface area contributed by atoms with E-state index in [4.69, 9.17) is 21.1 Å². The molecule has 0 saturated carbocycles. The molecular formula is C16H13ClN2O3. The normalized spacial score (nSPS) is 10.6. The van der Waals surface area contributed by atoms with Gasteiger partial charge < -0.3 is 14.5 Å². The van der Waals surface area contributed by atoms with E-state index >= 15 is 0 Å². The molecule has 0 amide bonds. The van der Waals surface area contributed by atoms with Crippen LogP contribution < -0.4 is 4.74 Å². The molecule has 22 heavy (non-hydrogen) atoms. The third kappa shape index (κ3) is 2.63. The molecule has 0 radical (unpaired) electrons. The highest BCUT2D eigenvalue weighted by atomic mass is 35.5. The Labute approximate surface area is 131 Å². The molecule has 0 aliphatic heterocycles. The molecule has 5 nitrogen and oxygen atoms in total. The first-order chi connectivity index (χ1) is 10.7. The van der Waals surface area contributed by atoms with Crippen LogP contribution in [-0.4, -0.2) is 29.1 Å². The van der Waals surface area contributed by atoms with Crippen molar-refractivity contribution in [3.8, 4) is 17.1 Å². The zero-order valence-electron chi connectivity index (χ0n) is 11.8. The Hall–Kier alpha value is -2.53. The fraction of sp³-hybridized carbons (Fsp3) is 0.125. The minimum absolute atomic E-state index is 0.104. The first-order valence-corrected chi connectivity index (χ1v) is 7.12. The predicted molar refractivity (Wildman–Crippen MR) is 84.2 cm³/mol. The van der Waals surface area contributed by atoms with E-state index in [1.807, 2.05) is 30.3 Å². The standard InChI is InChI=1S/C16H13ClN2O3/c1-21-16(20)12-3-2-4-13-14(12)19-15(18-13)10-5-7-11(8-6-10)22-9-17/h2-8H,9H2,1H3,(H,18,19). The van der Waals surface area contributed by atoms with Crippen molar-refractivity contribution < 1.29 is 14.3 Å². The van der Waals surface area contributed by atoms with E-state index in [-0.39, 0.29) is 6.07 Å². The summed E-state index contributed by atoms with van der Waals surface area (Å²) in [7, 11) is 1.35. The molecule has 0 aliphatic rings. The third-order valence-electron chi connectivity index (χ3n) is 3.27. The van der Waals surface area contributed by atoms with Crippen molar-refractivity contribution in [3.63, 3.8) is 0 Å². The highest BCUT2D eigenvalue weighted by molar-refractivity contribution is 6.17. The van der Waals surface area contributed by atoms with Gasteiger partial charge in [0.15, 0.2) is 6.07 Å². The third-order valence-corrected chi connectivity index (χ3v) is 3.38. The van der Waals surface area contributed by atoms with Crippen LogP contribution in [0.5, 0.6) is 5.75 Å². The lowest BCUT2D eigenvalue weighted by molar-refractivity contribution is 0.0603. The SMILES string of the molecule is COC(=O)c1cccc2[nH]c(-c3ccc(OCCl)cc3)nc12. The van der Waals surface area contributed by atoms with Crippen molar-refractivity contribution >= 4 is 28.6 Å². The van der Waals surface area contributed by atoms with Gasteiger partial charge in [-0.15, -0.1) is 0 Å². The zero-order chi connectivity index (χ0) is 15.5. The van der Waals surface area contributed by atoms with Crippen molar-refractivity contribution in [3.05, 3.63) is 48.0 Å². The monoisotopic (exact) mass is 316 g/mol. The summed E-state index contributed by atoms with van der Waals surface area (Å²) in [6.07, 6.45) is 0. The van der Waals surface area contributed by atoms with Crippen LogP contribution in [0.15, 0.2) is 42.5 Å². The lowest BCUT2D eigenvalue weighted by Crippen LogP contribution is -2.01. The van der Waals surface area contributed by atoms with E-state index in [1.54, 1.807) is 12.1 Å². The summed E-state index contributed by atoms with van der Waals surface area (Å²) in [6, 6.07) is 12.8. The maximum absolute atomic E-state index is 11.8. The predicted octanol–water partition coefficient (Wildman–Crippen LogP) is 3.59. The summed E-state index contributed by atoms with van der Waals surface area (Å²) < 4.78 is 9.97. The Kier molecular flexibility index (Phi) is 3.98. The van der Waals surface area contributed by atoms with E-state index < -0.39 is 5.97 Å². The van der Waals surface area contributed by atoms with Gasteiger partial charge in [-0.2, -0.15) is 0 Å². The average Bonchev–Trinajstić information content (AvgIpc) is 2.99. The molecule has 1 N–H and O–H groups in total.